The Labute approximate surface area is 380 Å². The van der Waals surface area contributed by atoms with Crippen LogP contribution in [0, 0.1) is 57.2 Å². The minimum atomic E-state index is -1.63. The highest BCUT2D eigenvalue weighted by atomic mass is 16.6. The summed E-state index contributed by atoms with van der Waals surface area (Å²) in [7, 11) is 0. The van der Waals surface area contributed by atoms with Crippen LogP contribution in [0.25, 0.3) is 0 Å². The number of hydrogen-bond donors (Lipinski definition) is 7. The summed E-state index contributed by atoms with van der Waals surface area (Å²) >= 11 is 0. The molecule has 6 fully saturated rings. The minimum Gasteiger partial charge on any atom is -0.449 e. The van der Waals surface area contributed by atoms with Crippen LogP contribution in [-0.2, 0) is 33.4 Å². The number of amides is 2. The molecule has 0 bridgehead atoms. The number of ether oxygens (including phenoxy) is 2. The van der Waals surface area contributed by atoms with Gasteiger partial charge in [-0.2, -0.15) is 5.10 Å². The molecule has 0 spiro atoms. The molecule has 2 amide bonds. The number of Topliss-reactive ketones (excluding diaryl/α,β-unsaturated/α-hetero) is 4. The van der Waals surface area contributed by atoms with Gasteiger partial charge in [-0.05, 0) is 131 Å². The number of aliphatic hydroxyl groups excluding tert-OH is 2. The Morgan fingerprint density at radius 3 is 1.55 bits per heavy atom. The van der Waals surface area contributed by atoms with Crippen LogP contribution in [0.4, 0.5) is 9.59 Å². The van der Waals surface area contributed by atoms with Crippen molar-refractivity contribution < 1.29 is 63.5 Å². The predicted molar refractivity (Wildman–Crippen MR) is 235 cm³/mol. The summed E-state index contributed by atoms with van der Waals surface area (Å²) in [6.45, 7) is 10.7. The van der Waals surface area contributed by atoms with Crippen molar-refractivity contribution in [3.8, 4) is 0 Å². The van der Waals surface area contributed by atoms with E-state index in [4.69, 9.17) is 4.74 Å². The van der Waals surface area contributed by atoms with Crippen molar-refractivity contribution in [1.82, 2.24) is 10.9 Å². The van der Waals surface area contributed by atoms with E-state index < -0.39 is 59.0 Å². The molecule has 360 valence electrons. The van der Waals surface area contributed by atoms with Gasteiger partial charge in [0.15, 0.2) is 17.3 Å². The van der Waals surface area contributed by atoms with Crippen LogP contribution < -0.4 is 16.7 Å². The fourth-order valence-electron chi connectivity index (χ4n) is 14.5. The fraction of sp³-hybridized carbons (Fsp3) is 0.750. The molecule has 0 aliphatic heterocycles. The molecule has 0 saturated heterocycles. The molecule has 17 heteroatoms. The summed E-state index contributed by atoms with van der Waals surface area (Å²) in [6, 6.07) is 0. The number of aliphatic hydroxyl groups is 4. The number of nitrogens with zero attached hydrogens (tertiary/aromatic N) is 1. The molecule has 0 radical (unpaired) electrons. The first-order valence-corrected chi connectivity index (χ1v) is 23.4. The molecular weight excluding hydrogens is 841 g/mol. The van der Waals surface area contributed by atoms with Gasteiger partial charge in [0.05, 0.1) is 18.9 Å². The molecule has 0 aromatic heterocycles. The Balaban J connectivity index is 0.000000191. The first kappa shape index (κ1) is 50.3. The van der Waals surface area contributed by atoms with Crippen molar-refractivity contribution in [3.63, 3.8) is 0 Å². The lowest BCUT2D eigenvalue weighted by molar-refractivity contribution is -0.171. The fourth-order valence-corrected chi connectivity index (χ4v) is 14.5. The van der Waals surface area contributed by atoms with Crippen molar-refractivity contribution in [2.45, 2.75) is 143 Å². The number of hydrazine groups is 1. The lowest BCUT2D eigenvalue weighted by Crippen LogP contribution is -2.60. The van der Waals surface area contributed by atoms with E-state index in [1.807, 2.05) is 19.9 Å². The van der Waals surface area contributed by atoms with Crippen LogP contribution in [0.5, 0.6) is 0 Å². The van der Waals surface area contributed by atoms with E-state index in [-0.39, 0.29) is 83.1 Å². The van der Waals surface area contributed by atoms with Gasteiger partial charge in [-0.15, -0.1) is 0 Å². The molecule has 0 aromatic rings. The number of hydrogen-bond acceptors (Lipinski definition) is 15. The van der Waals surface area contributed by atoms with Gasteiger partial charge in [0.2, 0.25) is 0 Å². The number of nitrogens with two attached hydrogens (primary N) is 1. The normalized spacial score (nSPS) is 40.5. The van der Waals surface area contributed by atoms with Gasteiger partial charge in [0.1, 0.15) is 36.0 Å². The van der Waals surface area contributed by atoms with E-state index >= 15 is 0 Å². The van der Waals surface area contributed by atoms with E-state index in [0.717, 1.165) is 43.4 Å². The predicted octanol–water partition coefficient (Wildman–Crippen LogP) is 4.12. The first-order valence-electron chi connectivity index (χ1n) is 23.4. The second-order valence-electron chi connectivity index (χ2n) is 20.6. The minimum absolute atomic E-state index is 0.0737. The third-order valence-corrected chi connectivity index (χ3v) is 17.8. The molecule has 17 nitrogen and oxygen atoms in total. The van der Waals surface area contributed by atoms with Crippen LogP contribution in [0.15, 0.2) is 28.4 Å². The molecule has 0 unspecified atom stereocenters. The molecule has 8 aliphatic rings. The van der Waals surface area contributed by atoms with Crippen molar-refractivity contribution >= 4 is 46.8 Å². The molecule has 6 saturated carbocycles. The smallest absolute Gasteiger partial charge is 0.427 e. The lowest BCUT2D eigenvalue weighted by atomic mass is 9.46. The number of carbonyl (C=O) groups is 7. The summed E-state index contributed by atoms with van der Waals surface area (Å²) < 4.78 is 9.17. The maximum Gasteiger partial charge on any atom is 0.427 e. The molecule has 8 aliphatic carbocycles. The number of ketones is 5. The monoisotopic (exact) mass is 910 g/mol. The number of allylic oxidation sites excluding steroid dienone is 3. The lowest BCUT2D eigenvalue weighted by Gasteiger charge is -2.57. The first-order chi connectivity index (χ1) is 30.6. The third kappa shape index (κ3) is 8.35. The summed E-state index contributed by atoms with van der Waals surface area (Å²) in [5.41, 5.74) is 1.90. The van der Waals surface area contributed by atoms with E-state index in [2.05, 4.69) is 35.0 Å². The summed E-state index contributed by atoms with van der Waals surface area (Å²) in [6.07, 6.45) is 10.9. The van der Waals surface area contributed by atoms with Crippen molar-refractivity contribution in [2.75, 3.05) is 26.4 Å². The largest absolute Gasteiger partial charge is 0.449 e. The van der Waals surface area contributed by atoms with E-state index in [1.54, 1.807) is 25.3 Å². The Hall–Kier alpha value is -4.16. The van der Waals surface area contributed by atoms with E-state index in [0.29, 0.717) is 51.6 Å². The van der Waals surface area contributed by atoms with Gasteiger partial charge in [-0.3, -0.25) is 29.4 Å². The number of carbonyl (C=O) groups excluding carboxylic acids is 7. The average Bonchev–Trinajstić information content (AvgIpc) is 3.70. The number of fused-ring (bicyclic) bond motifs is 10. The van der Waals surface area contributed by atoms with Crippen molar-refractivity contribution in [1.29, 1.82) is 0 Å². The van der Waals surface area contributed by atoms with E-state index in [1.165, 1.54) is 5.57 Å². The van der Waals surface area contributed by atoms with Crippen molar-refractivity contribution in [3.05, 3.63) is 23.3 Å². The highest BCUT2D eigenvalue weighted by Gasteiger charge is 2.70. The molecule has 8 N–H and O–H groups in total. The van der Waals surface area contributed by atoms with Crippen LogP contribution in [0.2, 0.25) is 0 Å². The zero-order chi connectivity index (χ0) is 47.9. The molecular formula is C48H70N4O13. The van der Waals surface area contributed by atoms with Gasteiger partial charge < -0.3 is 29.9 Å². The van der Waals surface area contributed by atoms with E-state index in [9.17, 15) is 54.0 Å². The van der Waals surface area contributed by atoms with Crippen LogP contribution in [-0.4, -0.2) is 105 Å². The second kappa shape index (κ2) is 18.8. The second-order valence-corrected chi connectivity index (χ2v) is 20.6. The summed E-state index contributed by atoms with van der Waals surface area (Å²) in [5.74, 6) is 4.04. The average molecular weight is 911 g/mol. The molecule has 65 heavy (non-hydrogen) atoms. The van der Waals surface area contributed by atoms with Gasteiger partial charge in [-0.1, -0.05) is 38.8 Å². The Bertz CT molecular complexity index is 2050. The summed E-state index contributed by atoms with van der Waals surface area (Å²) in [4.78, 5) is 85.1. The Morgan fingerprint density at radius 2 is 1.12 bits per heavy atom. The maximum absolute atomic E-state index is 13.6. The van der Waals surface area contributed by atoms with Crippen LogP contribution in [0.1, 0.15) is 131 Å². The van der Waals surface area contributed by atoms with Crippen LogP contribution >= 0.6 is 0 Å². The topological polar surface area (TPSA) is 281 Å². The Kier molecular flexibility index (Phi) is 14.6. The quantitative estimate of drug-likeness (QED) is 0.108. The van der Waals surface area contributed by atoms with Crippen LogP contribution in [0.3, 0.4) is 0 Å². The zero-order valence-electron chi connectivity index (χ0n) is 38.8. The molecule has 0 aromatic carbocycles. The standard InChI is InChI=1S/C24H34N2O6.C21H28O5.C3H8N2O2/c1-4-32-21(30)26-25-15-7-9-22(2)14(11-15)5-6-16-17-8-10-24(31,19(29)13-27)23(17,3)12-18(28)20(16)22;1-19-7-5-13(23)9-12(19)3-4-14-15-6-8-21(26,17(25)11-22)20(15,2)10-16(24)18(14)19;1-2-7-3(6)5-4/h11,16-17,20,27,31H,4-10,12-13H2,1-3H3,(H,26,30);9,14-15,18,22,26H,3-8,10-11H2,1-2H3;2,4H2,1H3,(H,5,6)/b25-15+;;/t16-,17-,20+,22-,23-,24-;14-,15-,18+,19-,20-,21-;/m00./s1. The Morgan fingerprint density at radius 1 is 0.677 bits per heavy atom. The number of hydrazone groups is 1. The van der Waals surface area contributed by atoms with Gasteiger partial charge in [0, 0.05) is 41.9 Å². The molecule has 0 heterocycles. The number of rotatable bonds is 7. The highest BCUT2D eigenvalue weighted by molar-refractivity contribution is 5.98. The SMILES string of the molecule is CCOC(=O)N/N=C1/C=C2CC[C@@H]3[C@H](C(=O)C[C@@]4(C)[C@H]3CC[C@]4(O)C(=O)CO)[C@@]2(C)CC1.CCOC(=O)NN.C[C@]12CCC(=O)C=C1CC[C@@H]1[C@@H]2C(=O)C[C@@]2(C)[C@H]1CC[C@]2(O)C(=O)CO. The third-order valence-electron chi connectivity index (χ3n) is 17.8. The molecule has 8 rings (SSSR count). The van der Waals surface area contributed by atoms with Crippen molar-refractivity contribution in [2.24, 2.45) is 68.1 Å². The maximum atomic E-state index is 13.6. The number of nitrogens with one attached hydrogen (secondary N) is 2. The van der Waals surface area contributed by atoms with Gasteiger partial charge in [-0.25, -0.2) is 20.9 Å². The zero-order valence-corrected chi connectivity index (χ0v) is 38.8. The van der Waals surface area contributed by atoms with Gasteiger partial charge >= 0.3 is 12.2 Å². The van der Waals surface area contributed by atoms with Gasteiger partial charge in [0.25, 0.3) is 0 Å². The molecule has 12 atom stereocenters. The summed E-state index contributed by atoms with van der Waals surface area (Å²) in [5, 5.41) is 45.4. The highest BCUT2D eigenvalue weighted by Crippen LogP contribution is 2.68.